The lowest BCUT2D eigenvalue weighted by molar-refractivity contribution is -0.124. The standard InChI is InChI=1S/C14H21NO3.3C2H6/c1-3-14(10-9-12(2)17-11-16)18-15-13-7-5-4-6-8-13;3*1-2/h3,9-11,13,15H,1,4-8H2,2H3;3*1-2H3/b12-9+,14-10+;;;. The summed E-state index contributed by atoms with van der Waals surface area (Å²) in [6.07, 6.45) is 11.1. The fourth-order valence-electron chi connectivity index (χ4n) is 1.83. The van der Waals surface area contributed by atoms with Crippen molar-refractivity contribution >= 4 is 6.47 Å². The topological polar surface area (TPSA) is 47.6 Å². The van der Waals surface area contributed by atoms with Crippen molar-refractivity contribution in [2.45, 2.75) is 86.6 Å². The summed E-state index contributed by atoms with van der Waals surface area (Å²) in [5, 5.41) is 0. The van der Waals surface area contributed by atoms with Crippen LogP contribution in [0.1, 0.15) is 80.6 Å². The van der Waals surface area contributed by atoms with Crippen LogP contribution in [-0.4, -0.2) is 12.5 Å². The highest BCUT2D eigenvalue weighted by atomic mass is 16.6. The number of hydrogen-bond donors (Lipinski definition) is 1. The van der Waals surface area contributed by atoms with Gasteiger partial charge in [-0.1, -0.05) is 67.4 Å². The zero-order valence-electron chi connectivity index (χ0n) is 16.9. The minimum Gasteiger partial charge on any atom is -0.434 e. The zero-order chi connectivity index (χ0) is 19.2. The lowest BCUT2D eigenvalue weighted by Crippen LogP contribution is -2.30. The largest absolute Gasteiger partial charge is 0.434 e. The van der Waals surface area contributed by atoms with Crippen molar-refractivity contribution in [2.24, 2.45) is 0 Å². The molecule has 1 N–H and O–H groups in total. The maximum absolute atomic E-state index is 10.1. The Balaban J connectivity index is -0.000000659. The molecule has 4 nitrogen and oxygen atoms in total. The quantitative estimate of drug-likeness (QED) is 0.264. The van der Waals surface area contributed by atoms with Gasteiger partial charge in [-0.25, -0.2) is 0 Å². The van der Waals surface area contributed by atoms with E-state index >= 15 is 0 Å². The van der Waals surface area contributed by atoms with E-state index in [0.717, 1.165) is 12.8 Å². The van der Waals surface area contributed by atoms with Crippen LogP contribution in [-0.2, 0) is 14.4 Å². The van der Waals surface area contributed by atoms with Crippen LogP contribution >= 0.6 is 0 Å². The molecule has 1 rings (SSSR count). The summed E-state index contributed by atoms with van der Waals surface area (Å²) in [6, 6.07) is 0.415. The Morgan fingerprint density at radius 2 is 1.54 bits per heavy atom. The van der Waals surface area contributed by atoms with Gasteiger partial charge in [0.15, 0.2) is 0 Å². The Hall–Kier alpha value is -1.55. The Labute approximate surface area is 150 Å². The van der Waals surface area contributed by atoms with Crippen LogP contribution in [0.25, 0.3) is 0 Å². The Kier molecular flexibility index (Phi) is 27.0. The van der Waals surface area contributed by atoms with Crippen LogP contribution < -0.4 is 5.48 Å². The molecule has 24 heavy (non-hydrogen) atoms. The second kappa shape index (κ2) is 23.7. The van der Waals surface area contributed by atoms with Gasteiger partial charge in [0.1, 0.15) is 11.5 Å². The number of ether oxygens (including phenoxy) is 1. The lowest BCUT2D eigenvalue weighted by Gasteiger charge is -2.22. The Morgan fingerprint density at radius 1 is 1.00 bits per heavy atom. The highest BCUT2D eigenvalue weighted by Crippen LogP contribution is 2.17. The number of rotatable bonds is 7. The van der Waals surface area contributed by atoms with Gasteiger partial charge in [-0.05, 0) is 38.0 Å². The normalized spacial score (nSPS) is 14.5. The fourth-order valence-corrected chi connectivity index (χ4v) is 1.83. The van der Waals surface area contributed by atoms with Gasteiger partial charge in [-0.15, -0.1) is 0 Å². The van der Waals surface area contributed by atoms with E-state index in [1.807, 2.05) is 41.5 Å². The molecule has 0 amide bonds. The van der Waals surface area contributed by atoms with Gasteiger partial charge in [0.2, 0.25) is 0 Å². The van der Waals surface area contributed by atoms with Crippen molar-refractivity contribution in [3.8, 4) is 0 Å². The molecule has 0 aromatic heterocycles. The van der Waals surface area contributed by atoms with Gasteiger partial charge in [-0.2, -0.15) is 5.48 Å². The number of nitrogens with one attached hydrogen (secondary N) is 1. The third kappa shape index (κ3) is 16.8. The third-order valence-electron chi connectivity index (χ3n) is 2.87. The highest BCUT2D eigenvalue weighted by Gasteiger charge is 2.13. The average molecular weight is 342 g/mol. The molecule has 0 bridgehead atoms. The van der Waals surface area contributed by atoms with Crippen molar-refractivity contribution in [3.63, 3.8) is 0 Å². The molecule has 0 heterocycles. The highest BCUT2D eigenvalue weighted by molar-refractivity contribution is 5.40. The van der Waals surface area contributed by atoms with E-state index in [4.69, 9.17) is 4.84 Å². The molecule has 1 saturated carbocycles. The van der Waals surface area contributed by atoms with Crippen molar-refractivity contribution in [2.75, 3.05) is 0 Å². The number of hydrogen-bond acceptors (Lipinski definition) is 4. The van der Waals surface area contributed by atoms with Crippen LogP contribution in [0.5, 0.6) is 0 Å². The SMILES string of the molecule is C=C/C(=C\C=C(/C)OC=O)ONC1CCCCC1.CC.CC.CC. The van der Waals surface area contributed by atoms with Crippen LogP contribution in [0.2, 0.25) is 0 Å². The van der Waals surface area contributed by atoms with Crippen molar-refractivity contribution in [1.29, 1.82) is 0 Å². The second-order valence-corrected chi connectivity index (χ2v) is 4.32. The summed E-state index contributed by atoms with van der Waals surface area (Å²) >= 11 is 0. The molecular weight excluding hydrogens is 302 g/mol. The molecule has 142 valence electrons. The molecule has 1 aliphatic carbocycles. The van der Waals surface area contributed by atoms with E-state index in [1.54, 1.807) is 25.2 Å². The van der Waals surface area contributed by atoms with Gasteiger partial charge in [-0.3, -0.25) is 4.79 Å². The van der Waals surface area contributed by atoms with Gasteiger partial charge in [0, 0.05) is 6.04 Å². The predicted molar refractivity (Wildman–Crippen MR) is 104 cm³/mol. The summed E-state index contributed by atoms with van der Waals surface area (Å²) in [5.74, 6) is 1.11. The van der Waals surface area contributed by atoms with E-state index in [0.29, 0.717) is 24.0 Å². The third-order valence-corrected chi connectivity index (χ3v) is 2.87. The maximum Gasteiger partial charge on any atom is 0.298 e. The number of hydroxylamine groups is 1. The fraction of sp³-hybridized carbons (Fsp3) is 0.650. The Bertz CT molecular complexity index is 330. The smallest absolute Gasteiger partial charge is 0.298 e. The van der Waals surface area contributed by atoms with Crippen LogP contribution in [0.15, 0.2) is 36.3 Å². The molecule has 0 aromatic carbocycles. The number of allylic oxidation sites excluding steroid dienone is 4. The van der Waals surface area contributed by atoms with Gasteiger partial charge in [0.05, 0.1) is 0 Å². The maximum atomic E-state index is 10.1. The van der Waals surface area contributed by atoms with Gasteiger partial charge < -0.3 is 9.57 Å². The Morgan fingerprint density at radius 3 is 2.00 bits per heavy atom. The molecule has 1 fully saturated rings. The molecule has 0 atom stereocenters. The number of carbonyl (C=O) groups excluding carboxylic acids is 1. The first kappa shape index (κ1) is 27.3. The molecule has 0 unspecified atom stereocenters. The van der Waals surface area contributed by atoms with E-state index in [1.165, 1.54) is 19.3 Å². The van der Waals surface area contributed by atoms with E-state index in [-0.39, 0.29) is 0 Å². The van der Waals surface area contributed by atoms with Crippen LogP contribution in [0.3, 0.4) is 0 Å². The molecular formula is C20H39NO3. The summed E-state index contributed by atoms with van der Waals surface area (Å²) in [4.78, 5) is 15.6. The molecule has 0 aromatic rings. The van der Waals surface area contributed by atoms with E-state index < -0.39 is 0 Å². The molecule has 0 spiro atoms. The lowest BCUT2D eigenvalue weighted by atomic mass is 9.96. The molecule has 1 aliphatic rings. The van der Waals surface area contributed by atoms with Crippen molar-refractivity contribution in [1.82, 2.24) is 5.48 Å². The first-order valence-electron chi connectivity index (χ1n) is 9.30. The monoisotopic (exact) mass is 341 g/mol. The molecule has 0 radical (unpaired) electrons. The summed E-state index contributed by atoms with van der Waals surface area (Å²) in [7, 11) is 0. The van der Waals surface area contributed by atoms with E-state index in [9.17, 15) is 4.79 Å². The molecule has 0 saturated heterocycles. The first-order chi connectivity index (χ1) is 11.8. The minimum absolute atomic E-state index is 0.397. The second-order valence-electron chi connectivity index (χ2n) is 4.32. The average Bonchev–Trinajstić information content (AvgIpc) is 2.68. The van der Waals surface area contributed by atoms with E-state index in [2.05, 4.69) is 16.8 Å². The first-order valence-corrected chi connectivity index (χ1v) is 9.30. The molecule has 4 heteroatoms. The van der Waals surface area contributed by atoms with Gasteiger partial charge >= 0.3 is 0 Å². The van der Waals surface area contributed by atoms with Crippen LogP contribution in [0, 0.1) is 0 Å². The van der Waals surface area contributed by atoms with Gasteiger partial charge in [0.25, 0.3) is 6.47 Å². The summed E-state index contributed by atoms with van der Waals surface area (Å²) < 4.78 is 4.66. The molecule has 0 aliphatic heterocycles. The zero-order valence-corrected chi connectivity index (χ0v) is 16.9. The number of carbonyl (C=O) groups is 1. The van der Waals surface area contributed by atoms with Crippen molar-refractivity contribution < 1.29 is 14.4 Å². The summed E-state index contributed by atoms with van der Waals surface area (Å²) in [6.45, 7) is 17.8. The summed E-state index contributed by atoms with van der Waals surface area (Å²) in [5.41, 5.74) is 3.05. The van der Waals surface area contributed by atoms with Crippen molar-refractivity contribution in [3.05, 3.63) is 36.3 Å². The minimum atomic E-state index is 0.397. The predicted octanol–water partition coefficient (Wildman–Crippen LogP) is 6.07. The van der Waals surface area contributed by atoms with Crippen LogP contribution in [0.4, 0.5) is 0 Å².